The van der Waals surface area contributed by atoms with Crippen molar-refractivity contribution in [2.45, 2.75) is 83.3 Å². The van der Waals surface area contributed by atoms with Crippen LogP contribution in [0.2, 0.25) is 0 Å². The number of aliphatic hydroxyl groups excluding tert-OH is 1. The van der Waals surface area contributed by atoms with Crippen molar-refractivity contribution in [3.63, 3.8) is 0 Å². The summed E-state index contributed by atoms with van der Waals surface area (Å²) in [6.45, 7) is 5.34. The van der Waals surface area contributed by atoms with E-state index in [0.717, 1.165) is 44.9 Å². The zero-order chi connectivity index (χ0) is 20.3. The third-order valence-corrected chi connectivity index (χ3v) is 9.48. The number of allylic oxidation sites excluding steroid dienone is 1. The number of rotatable bonds is 4. The maximum absolute atomic E-state index is 13.1. The van der Waals surface area contributed by atoms with Gasteiger partial charge in [-0.05, 0) is 88.6 Å². The number of nitrogens with zero attached hydrogens (tertiary/aromatic N) is 1. The van der Waals surface area contributed by atoms with Crippen molar-refractivity contribution in [1.82, 2.24) is 4.90 Å². The van der Waals surface area contributed by atoms with Gasteiger partial charge in [-0.3, -0.25) is 4.79 Å². The van der Waals surface area contributed by atoms with Crippen LogP contribution >= 0.6 is 0 Å². The Hall–Kier alpha value is -0.710. The van der Waals surface area contributed by atoms with Crippen LogP contribution in [0.15, 0.2) is 11.6 Å². The highest BCUT2D eigenvalue weighted by Gasteiger charge is 2.65. The number of aliphatic hydroxyl groups is 2. The van der Waals surface area contributed by atoms with E-state index < -0.39 is 5.60 Å². The van der Waals surface area contributed by atoms with Crippen molar-refractivity contribution in [3.8, 4) is 0 Å². The molecule has 3 saturated carbocycles. The third kappa shape index (κ3) is 2.86. The van der Waals surface area contributed by atoms with Crippen LogP contribution in [0.5, 0.6) is 0 Å². The first-order chi connectivity index (χ1) is 13.1. The van der Waals surface area contributed by atoms with E-state index in [1.54, 1.807) is 0 Å². The summed E-state index contributed by atoms with van der Waals surface area (Å²) >= 11 is 0. The van der Waals surface area contributed by atoms with Gasteiger partial charge < -0.3 is 15.1 Å². The van der Waals surface area contributed by atoms with Crippen LogP contribution in [0, 0.1) is 28.6 Å². The van der Waals surface area contributed by atoms with E-state index in [-0.39, 0.29) is 22.7 Å². The number of carbonyl (C=O) groups excluding carboxylic acids is 1. The fourth-order valence-electron chi connectivity index (χ4n) is 7.65. The summed E-state index contributed by atoms with van der Waals surface area (Å²) in [6.07, 6.45) is 10.2. The molecular formula is C24H39NO3. The van der Waals surface area contributed by atoms with Gasteiger partial charge in [0.15, 0.2) is 5.78 Å². The van der Waals surface area contributed by atoms with Gasteiger partial charge in [0.2, 0.25) is 0 Å². The molecule has 0 amide bonds. The molecule has 4 aliphatic rings. The minimum absolute atomic E-state index is 0.0590. The molecule has 4 heteroatoms. The first-order valence-corrected chi connectivity index (χ1v) is 11.4. The molecular weight excluding hydrogens is 350 g/mol. The average molecular weight is 390 g/mol. The van der Waals surface area contributed by atoms with Gasteiger partial charge in [0, 0.05) is 18.4 Å². The minimum Gasteiger partial charge on any atom is -0.393 e. The summed E-state index contributed by atoms with van der Waals surface area (Å²) < 4.78 is 0. The van der Waals surface area contributed by atoms with Crippen molar-refractivity contribution in [3.05, 3.63) is 11.6 Å². The zero-order valence-corrected chi connectivity index (χ0v) is 18.2. The van der Waals surface area contributed by atoms with Crippen LogP contribution in [0.4, 0.5) is 0 Å². The quantitative estimate of drug-likeness (QED) is 0.722. The molecule has 2 N–H and O–H groups in total. The third-order valence-electron chi connectivity index (χ3n) is 9.48. The van der Waals surface area contributed by atoms with E-state index in [4.69, 9.17) is 0 Å². The highest BCUT2D eigenvalue weighted by atomic mass is 16.3. The lowest BCUT2D eigenvalue weighted by Gasteiger charge is -2.58. The Morgan fingerprint density at radius 2 is 1.86 bits per heavy atom. The number of hydrogen-bond donors (Lipinski definition) is 2. The first kappa shape index (κ1) is 20.6. The second kappa shape index (κ2) is 6.92. The van der Waals surface area contributed by atoms with Gasteiger partial charge in [-0.2, -0.15) is 0 Å². The smallest absolute Gasteiger partial charge is 0.166 e. The molecule has 158 valence electrons. The van der Waals surface area contributed by atoms with E-state index in [1.807, 2.05) is 19.0 Å². The van der Waals surface area contributed by atoms with Gasteiger partial charge in [-0.25, -0.2) is 0 Å². The molecule has 0 heterocycles. The molecule has 7 atom stereocenters. The molecule has 4 aliphatic carbocycles. The maximum atomic E-state index is 13.1. The molecule has 0 aliphatic heterocycles. The fraction of sp³-hybridized carbons (Fsp3) is 0.875. The second-order valence-corrected chi connectivity index (χ2v) is 11.0. The highest BCUT2D eigenvalue weighted by Crippen LogP contribution is 2.67. The Balaban J connectivity index is 1.59. The van der Waals surface area contributed by atoms with E-state index in [0.29, 0.717) is 37.1 Å². The minimum atomic E-state index is -1.15. The largest absolute Gasteiger partial charge is 0.393 e. The zero-order valence-electron chi connectivity index (χ0n) is 18.2. The maximum Gasteiger partial charge on any atom is 0.166 e. The summed E-state index contributed by atoms with van der Waals surface area (Å²) in [5.41, 5.74) is 0.255. The predicted molar refractivity (Wildman–Crippen MR) is 111 cm³/mol. The van der Waals surface area contributed by atoms with Crippen LogP contribution in [0.1, 0.15) is 71.6 Å². The molecule has 0 bridgehead atoms. The molecule has 3 fully saturated rings. The second-order valence-electron chi connectivity index (χ2n) is 11.0. The molecule has 0 aromatic rings. The van der Waals surface area contributed by atoms with E-state index in [2.05, 4.69) is 19.9 Å². The van der Waals surface area contributed by atoms with E-state index in [9.17, 15) is 15.0 Å². The van der Waals surface area contributed by atoms with Crippen molar-refractivity contribution in [2.24, 2.45) is 28.6 Å². The molecule has 28 heavy (non-hydrogen) atoms. The van der Waals surface area contributed by atoms with Crippen molar-refractivity contribution < 1.29 is 15.0 Å². The number of ketones is 1. The Morgan fingerprint density at radius 3 is 2.57 bits per heavy atom. The van der Waals surface area contributed by atoms with Crippen molar-refractivity contribution >= 4 is 5.78 Å². The summed E-state index contributed by atoms with van der Waals surface area (Å²) in [4.78, 5) is 15.1. The molecule has 4 nitrogen and oxygen atoms in total. The molecule has 0 spiro atoms. The first-order valence-electron chi connectivity index (χ1n) is 11.4. The number of carbonyl (C=O) groups is 1. The Kier molecular flexibility index (Phi) is 5.08. The highest BCUT2D eigenvalue weighted by molar-refractivity contribution is 5.88. The van der Waals surface area contributed by atoms with Gasteiger partial charge >= 0.3 is 0 Å². The molecule has 0 radical (unpaired) electrons. The summed E-state index contributed by atoms with van der Waals surface area (Å²) in [5.74, 6) is 1.69. The standard InChI is InChI=1S/C24H39NO3/c1-22-11-7-17(26)15-16(22)5-6-18-19(22)8-12-23(2)20(18)9-13-24(23,28)21(27)10-14-25(3)4/h5,17-20,26,28H,6-15H2,1-4H3/t17-,18+,19-,20-,22+,23-,24-/m1/s1. The van der Waals surface area contributed by atoms with Crippen molar-refractivity contribution in [1.29, 1.82) is 0 Å². The average Bonchev–Trinajstić information content (AvgIpc) is 2.92. The molecule has 0 aromatic carbocycles. The van der Waals surface area contributed by atoms with Gasteiger partial charge in [0.25, 0.3) is 0 Å². The fourth-order valence-corrected chi connectivity index (χ4v) is 7.65. The lowest BCUT2D eigenvalue weighted by atomic mass is 9.46. The molecule has 0 aromatic heterocycles. The number of fused-ring (bicyclic) bond motifs is 5. The normalized spacial score (nSPS) is 47.9. The van der Waals surface area contributed by atoms with Crippen LogP contribution < -0.4 is 0 Å². The lowest BCUT2D eigenvalue weighted by Crippen LogP contribution is -2.57. The monoisotopic (exact) mass is 389 g/mol. The molecule has 0 saturated heterocycles. The molecule has 4 rings (SSSR count). The Bertz CT molecular complexity index is 673. The topological polar surface area (TPSA) is 60.8 Å². The number of Topliss-reactive ketones (excluding diaryl/α,β-unsaturated/α-hetero) is 1. The van der Waals surface area contributed by atoms with Crippen LogP contribution in [-0.2, 0) is 4.79 Å². The van der Waals surface area contributed by atoms with Gasteiger partial charge in [-0.15, -0.1) is 0 Å². The van der Waals surface area contributed by atoms with E-state index >= 15 is 0 Å². The van der Waals surface area contributed by atoms with Crippen molar-refractivity contribution in [2.75, 3.05) is 20.6 Å². The van der Waals surface area contributed by atoms with Gasteiger partial charge in [0.05, 0.1) is 6.10 Å². The lowest BCUT2D eigenvalue weighted by molar-refractivity contribution is -0.161. The van der Waals surface area contributed by atoms with Gasteiger partial charge in [0.1, 0.15) is 5.60 Å². The molecule has 0 unspecified atom stereocenters. The van der Waals surface area contributed by atoms with E-state index in [1.165, 1.54) is 5.57 Å². The number of hydrogen-bond acceptors (Lipinski definition) is 4. The van der Waals surface area contributed by atoms with Crippen LogP contribution in [0.3, 0.4) is 0 Å². The Labute approximate surface area is 170 Å². The summed E-state index contributed by atoms with van der Waals surface area (Å²) in [5, 5.41) is 21.8. The summed E-state index contributed by atoms with van der Waals surface area (Å²) in [7, 11) is 3.96. The Morgan fingerprint density at radius 1 is 1.14 bits per heavy atom. The SMILES string of the molecule is CN(C)CCC(=O)[C@]1(O)CC[C@@H]2[C@H]3CC=C4C[C@H](O)CC[C@]4(C)[C@@H]3CC[C@]21C. The summed E-state index contributed by atoms with van der Waals surface area (Å²) in [6, 6.07) is 0. The van der Waals surface area contributed by atoms with Gasteiger partial charge in [-0.1, -0.05) is 25.5 Å². The van der Waals surface area contributed by atoms with Crippen LogP contribution in [0.25, 0.3) is 0 Å². The predicted octanol–water partition coefficient (Wildman–Crippen LogP) is 3.56. The van der Waals surface area contributed by atoms with Crippen LogP contribution in [-0.4, -0.2) is 53.2 Å².